The summed E-state index contributed by atoms with van der Waals surface area (Å²) in [5.74, 6) is -1.12. The predicted octanol–water partition coefficient (Wildman–Crippen LogP) is 5.85. The van der Waals surface area contributed by atoms with Gasteiger partial charge in [-0.25, -0.2) is 4.39 Å². The molecule has 0 bridgehead atoms. The lowest BCUT2D eigenvalue weighted by Gasteiger charge is -2.37. The smallest absolute Gasteiger partial charge is 0.254 e. The van der Waals surface area contributed by atoms with Gasteiger partial charge in [-0.3, -0.25) is 14.4 Å². The van der Waals surface area contributed by atoms with E-state index in [1.807, 2.05) is 49.1 Å². The van der Waals surface area contributed by atoms with Crippen LogP contribution in [0, 0.1) is 26.6 Å². The number of nitrogens with zero attached hydrogens (tertiary/aromatic N) is 2. The van der Waals surface area contributed by atoms with Crippen molar-refractivity contribution in [3.63, 3.8) is 0 Å². The van der Waals surface area contributed by atoms with Crippen LogP contribution in [-0.2, 0) is 26.2 Å². The molecule has 6 rings (SSSR count). The molecule has 2 N–H and O–H groups in total. The largest absolute Gasteiger partial charge is 0.381 e. The summed E-state index contributed by atoms with van der Waals surface area (Å²) in [5, 5.41) is 2.85. The second-order valence-electron chi connectivity index (χ2n) is 13.4. The van der Waals surface area contributed by atoms with Crippen LogP contribution in [0.4, 0.5) is 15.8 Å². The second kappa shape index (κ2) is 13.8. The second-order valence-corrected chi connectivity index (χ2v) is 13.4. The van der Waals surface area contributed by atoms with Crippen LogP contribution in [0.15, 0.2) is 35.1 Å². The summed E-state index contributed by atoms with van der Waals surface area (Å²) >= 11 is 0. The van der Waals surface area contributed by atoms with E-state index in [-0.39, 0.29) is 29.6 Å². The highest BCUT2D eigenvalue weighted by molar-refractivity contribution is 6.09. The molecule has 3 aliphatic heterocycles. The summed E-state index contributed by atoms with van der Waals surface area (Å²) in [6, 6.07) is 9.68. The number of H-pyrrole nitrogens is 1. The molecule has 0 radical (unpaired) electrons. The van der Waals surface area contributed by atoms with E-state index in [4.69, 9.17) is 9.47 Å². The van der Waals surface area contributed by atoms with E-state index < -0.39 is 17.1 Å². The minimum absolute atomic E-state index is 0.0328. The number of halogens is 1. The molecule has 0 aliphatic carbocycles. The molecular weight excluding hydrogens is 611 g/mol. The summed E-state index contributed by atoms with van der Waals surface area (Å²) in [6.45, 7) is 13.1. The highest BCUT2D eigenvalue weighted by Crippen LogP contribution is 2.49. The van der Waals surface area contributed by atoms with Gasteiger partial charge in [0.1, 0.15) is 5.82 Å². The van der Waals surface area contributed by atoms with E-state index in [2.05, 4.69) is 22.1 Å². The maximum atomic E-state index is 17.0. The number of hydrogen-bond donors (Lipinski definition) is 2. The van der Waals surface area contributed by atoms with Crippen molar-refractivity contribution in [2.24, 2.45) is 0 Å². The van der Waals surface area contributed by atoms with Gasteiger partial charge in [0, 0.05) is 80.3 Å². The first-order chi connectivity index (χ1) is 23.1. The molecule has 9 nitrogen and oxygen atoms in total. The third-order valence-electron chi connectivity index (χ3n) is 10.5. The lowest BCUT2D eigenvalue weighted by Crippen LogP contribution is -2.44. The zero-order valence-electron chi connectivity index (χ0n) is 28.8. The van der Waals surface area contributed by atoms with Gasteiger partial charge in [-0.05, 0) is 100 Å². The zero-order chi connectivity index (χ0) is 34.2. The normalized spacial score (nSPS) is 17.5. The van der Waals surface area contributed by atoms with Crippen molar-refractivity contribution in [3.05, 3.63) is 80.0 Å². The molecule has 0 unspecified atom stereocenters. The molecule has 10 heteroatoms. The Morgan fingerprint density at radius 3 is 2.42 bits per heavy atom. The van der Waals surface area contributed by atoms with Crippen LogP contribution >= 0.6 is 0 Å². The number of nitrogens with one attached hydrogen (secondary N) is 2. The first kappa shape index (κ1) is 33.9. The summed E-state index contributed by atoms with van der Waals surface area (Å²) in [4.78, 5) is 47.5. The minimum atomic E-state index is -0.628. The Hall–Kier alpha value is -4.02. The monoisotopic (exact) mass is 658 g/mol. The Kier molecular flexibility index (Phi) is 9.76. The molecule has 3 aromatic rings. The Morgan fingerprint density at radius 2 is 1.75 bits per heavy atom. The van der Waals surface area contributed by atoms with Crippen LogP contribution < -0.4 is 20.7 Å². The predicted molar refractivity (Wildman–Crippen MR) is 186 cm³/mol. The van der Waals surface area contributed by atoms with E-state index in [0.717, 1.165) is 47.5 Å². The molecule has 2 saturated heterocycles. The molecular formula is C38H47FN4O5. The van der Waals surface area contributed by atoms with Crippen LogP contribution in [0.25, 0.3) is 11.1 Å². The van der Waals surface area contributed by atoms with Crippen LogP contribution in [-0.4, -0.2) is 62.4 Å². The van der Waals surface area contributed by atoms with Crippen molar-refractivity contribution in [3.8, 4) is 11.1 Å². The number of fused-ring (bicyclic) bond motifs is 2. The fraction of sp³-hybridized carbons (Fsp3) is 0.500. The van der Waals surface area contributed by atoms with Gasteiger partial charge in [-0.1, -0.05) is 19.1 Å². The number of hydrogen-bond acceptors (Lipinski definition) is 6. The number of ether oxygens (including phenoxy) is 2. The third kappa shape index (κ3) is 5.94. The summed E-state index contributed by atoms with van der Waals surface area (Å²) in [6.07, 6.45) is 3.68. The van der Waals surface area contributed by atoms with E-state index in [0.29, 0.717) is 74.6 Å². The number of aromatic nitrogens is 1. The summed E-state index contributed by atoms with van der Waals surface area (Å²) in [7, 11) is 0. The maximum Gasteiger partial charge on any atom is 0.254 e. The van der Waals surface area contributed by atoms with Crippen LogP contribution in [0.1, 0.15) is 84.3 Å². The van der Waals surface area contributed by atoms with Gasteiger partial charge in [0.2, 0.25) is 5.91 Å². The fourth-order valence-corrected chi connectivity index (χ4v) is 7.95. The van der Waals surface area contributed by atoms with Crippen molar-refractivity contribution in [1.29, 1.82) is 0 Å². The van der Waals surface area contributed by atoms with E-state index >= 15 is 4.39 Å². The van der Waals surface area contributed by atoms with Gasteiger partial charge < -0.3 is 29.6 Å². The number of carbonyl (C=O) groups is 2. The Morgan fingerprint density at radius 1 is 1.04 bits per heavy atom. The van der Waals surface area contributed by atoms with Gasteiger partial charge in [0.15, 0.2) is 0 Å². The molecule has 0 atom stereocenters. The van der Waals surface area contributed by atoms with Crippen LogP contribution in [0.2, 0.25) is 0 Å². The van der Waals surface area contributed by atoms with Gasteiger partial charge in [-0.15, -0.1) is 0 Å². The van der Waals surface area contributed by atoms with Gasteiger partial charge in [0.05, 0.1) is 11.0 Å². The van der Waals surface area contributed by atoms with Crippen molar-refractivity contribution >= 4 is 23.2 Å². The number of carbonyl (C=O) groups excluding carboxylic acids is 2. The zero-order valence-corrected chi connectivity index (χ0v) is 28.8. The first-order valence-electron chi connectivity index (χ1n) is 17.3. The van der Waals surface area contributed by atoms with Crippen molar-refractivity contribution in [1.82, 2.24) is 10.3 Å². The number of rotatable bonds is 9. The molecule has 48 heavy (non-hydrogen) atoms. The van der Waals surface area contributed by atoms with Gasteiger partial charge >= 0.3 is 0 Å². The molecule has 0 saturated carbocycles. The topological polar surface area (TPSA) is 104 Å². The lowest BCUT2D eigenvalue weighted by atomic mass is 9.75. The SMILES string of the molecule is CCCN1C(=O)C2(CCOCC2)c2ccc(-c3cc(N(CC)C4CCOCC4)c(C)c(C(=O)NCc4c(C)cc(C)[nH]c4=O)c3F)cc21. The molecule has 2 amide bonds. The highest BCUT2D eigenvalue weighted by Gasteiger charge is 2.51. The van der Waals surface area contributed by atoms with E-state index in [1.54, 1.807) is 13.8 Å². The van der Waals surface area contributed by atoms with Crippen LogP contribution in [0.5, 0.6) is 0 Å². The number of anilines is 2. The molecule has 2 fully saturated rings. The minimum Gasteiger partial charge on any atom is -0.381 e. The van der Waals surface area contributed by atoms with E-state index in [9.17, 15) is 14.4 Å². The quantitative estimate of drug-likeness (QED) is 0.299. The molecule has 2 aromatic carbocycles. The number of amides is 2. The summed E-state index contributed by atoms with van der Waals surface area (Å²) in [5.41, 5.74) is 4.99. The standard InChI is InChI=1S/C38H47FN4O5/c1-6-14-43-32-20-26(8-9-30(32)38(37(43)46)12-17-48-18-13-38)28-21-31(42(7-2)27-10-15-47-16-11-27)25(5)33(34(28)39)36(45)40-22-29-23(3)19-24(4)41-35(29)44/h8-9,19-21,27H,6-7,10-18,22H2,1-5H3,(H,40,45)(H,41,44). The maximum absolute atomic E-state index is 17.0. The summed E-state index contributed by atoms with van der Waals surface area (Å²) < 4.78 is 28.2. The number of benzene rings is 2. The average Bonchev–Trinajstić information content (AvgIpc) is 3.28. The third-order valence-corrected chi connectivity index (χ3v) is 10.5. The number of aromatic amines is 1. The van der Waals surface area contributed by atoms with Crippen molar-refractivity contribution in [2.75, 3.05) is 49.3 Å². The van der Waals surface area contributed by atoms with Crippen molar-refractivity contribution < 1.29 is 23.5 Å². The van der Waals surface area contributed by atoms with E-state index in [1.165, 1.54) is 0 Å². The highest BCUT2D eigenvalue weighted by atomic mass is 19.1. The molecule has 1 aromatic heterocycles. The Balaban J connectivity index is 1.47. The molecule has 256 valence electrons. The number of aryl methyl sites for hydroxylation is 2. The lowest BCUT2D eigenvalue weighted by molar-refractivity contribution is -0.126. The van der Waals surface area contributed by atoms with Gasteiger partial charge in [0.25, 0.3) is 11.5 Å². The van der Waals surface area contributed by atoms with Crippen LogP contribution in [0.3, 0.4) is 0 Å². The van der Waals surface area contributed by atoms with Crippen molar-refractivity contribution in [2.45, 2.75) is 84.7 Å². The molecule has 1 spiro atoms. The first-order valence-corrected chi connectivity index (χ1v) is 17.3. The molecule has 3 aliphatic rings. The average molecular weight is 659 g/mol. The Labute approximate surface area is 281 Å². The van der Waals surface area contributed by atoms with Gasteiger partial charge in [-0.2, -0.15) is 0 Å². The number of pyridine rings is 1. The Bertz CT molecular complexity index is 1770. The molecule has 4 heterocycles. The fourth-order valence-electron chi connectivity index (χ4n) is 7.95.